The zero-order valence-electron chi connectivity index (χ0n) is 16.9. The van der Waals surface area contributed by atoms with E-state index in [0.29, 0.717) is 0 Å². The molecule has 138 valence electrons. The molecule has 0 aromatic rings. The van der Waals surface area contributed by atoms with Crippen molar-refractivity contribution >= 4 is 43.8 Å². The molecule has 0 aromatic heterocycles. The minimum atomic E-state index is -2.23. The van der Waals surface area contributed by atoms with Gasteiger partial charge in [-0.15, -0.1) is 11.1 Å². The summed E-state index contributed by atoms with van der Waals surface area (Å²) < 4.78 is 11.0. The van der Waals surface area contributed by atoms with Crippen LogP contribution in [0.4, 0.5) is 0 Å². The van der Waals surface area contributed by atoms with E-state index in [1.54, 1.807) is 0 Å². The second-order valence-electron chi connectivity index (χ2n) is 8.10. The third kappa shape index (κ3) is 3.98. The van der Waals surface area contributed by atoms with Gasteiger partial charge in [-0.05, 0) is 13.1 Å². The van der Waals surface area contributed by atoms with E-state index in [-0.39, 0.29) is 8.37 Å². The predicted octanol–water partition coefficient (Wildman–Crippen LogP) is 4.86. The van der Waals surface area contributed by atoms with E-state index in [0.717, 1.165) is 26.2 Å². The largest absolute Gasteiger partial charge is 0.390 e. The molecule has 1 saturated heterocycles. The van der Waals surface area contributed by atoms with Crippen LogP contribution in [0.1, 0.15) is 27.7 Å². The van der Waals surface area contributed by atoms with E-state index in [1.807, 2.05) is 0 Å². The Hall–Kier alpha value is 1.21. The lowest BCUT2D eigenvalue weighted by Crippen LogP contribution is -2.86. The molecule has 0 saturated carbocycles. The number of halogens is 1. The summed E-state index contributed by atoms with van der Waals surface area (Å²) in [6.07, 6.45) is 0. The highest BCUT2D eigenvalue weighted by Crippen LogP contribution is 2.68. The molecule has 1 rings (SSSR count). The third-order valence-electron chi connectivity index (χ3n) is 4.32. The van der Waals surface area contributed by atoms with Crippen molar-refractivity contribution in [3.63, 3.8) is 0 Å². The highest BCUT2D eigenvalue weighted by atomic mass is 35.6. The van der Waals surface area contributed by atoms with E-state index in [2.05, 4.69) is 84.2 Å². The predicted molar refractivity (Wildman–Crippen MR) is 115 cm³/mol. The number of hydrogen-bond donors (Lipinski definition) is 0. The second-order valence-corrected chi connectivity index (χ2v) is 26.1. The maximum absolute atomic E-state index is 7.60. The van der Waals surface area contributed by atoms with Crippen molar-refractivity contribution in [3.8, 4) is 0 Å². The van der Waals surface area contributed by atoms with E-state index in [4.69, 9.17) is 11.1 Å². The standard InChI is InChI=1S/C14H38ClN4PSi3/c1-11-16(12-2)20-18(21(5,6)7)23(15,17(13-3)14-4)19(20)22(8,9)10/h11-14H2,1-10H3. The van der Waals surface area contributed by atoms with E-state index < -0.39 is 24.3 Å². The molecule has 0 aromatic carbocycles. The maximum atomic E-state index is 7.60. The Kier molecular flexibility index (Phi) is 7.59. The molecule has 1 aliphatic rings. The van der Waals surface area contributed by atoms with E-state index in [9.17, 15) is 0 Å². The van der Waals surface area contributed by atoms with Crippen LogP contribution in [0.5, 0.6) is 0 Å². The fourth-order valence-electron chi connectivity index (χ4n) is 3.38. The van der Waals surface area contributed by atoms with Crippen molar-refractivity contribution in [2.45, 2.75) is 67.0 Å². The van der Waals surface area contributed by atoms with Crippen LogP contribution in [-0.2, 0) is 0 Å². The Morgan fingerprint density at radius 3 is 1.35 bits per heavy atom. The van der Waals surface area contributed by atoms with Crippen LogP contribution >= 0.6 is 19.5 Å². The molecule has 0 bridgehead atoms. The average Bonchev–Trinajstić information content (AvgIpc) is 2.36. The molecule has 0 unspecified atom stereocenters. The zero-order chi connectivity index (χ0) is 18.2. The minimum absolute atomic E-state index is 0.385. The molecule has 23 heavy (non-hydrogen) atoms. The van der Waals surface area contributed by atoms with Crippen molar-refractivity contribution in [1.82, 2.24) is 17.2 Å². The summed E-state index contributed by atoms with van der Waals surface area (Å²) in [6.45, 7) is 28.3. The van der Waals surface area contributed by atoms with Crippen LogP contribution in [0.2, 0.25) is 39.3 Å². The van der Waals surface area contributed by atoms with E-state index >= 15 is 0 Å². The fourth-order valence-corrected chi connectivity index (χ4v) is 31.9. The number of rotatable bonds is 8. The van der Waals surface area contributed by atoms with Crippen LogP contribution in [0.15, 0.2) is 0 Å². The maximum Gasteiger partial charge on any atom is 0.390 e. The molecule has 1 heterocycles. The van der Waals surface area contributed by atoms with E-state index in [1.165, 1.54) is 0 Å². The first-order valence-corrected chi connectivity index (χ1v) is 19.9. The summed E-state index contributed by atoms with van der Waals surface area (Å²) in [5, 5.41) is 0. The highest BCUT2D eigenvalue weighted by Gasteiger charge is 2.71. The van der Waals surface area contributed by atoms with Gasteiger partial charge in [0, 0.05) is 13.1 Å². The summed E-state index contributed by atoms with van der Waals surface area (Å²) in [4.78, 5) is 0. The molecule has 0 aliphatic carbocycles. The van der Waals surface area contributed by atoms with Gasteiger partial charge in [0.2, 0.25) is 0 Å². The summed E-state index contributed by atoms with van der Waals surface area (Å²) >= 11 is 7.60. The van der Waals surface area contributed by atoms with Crippen LogP contribution in [0.3, 0.4) is 0 Å². The quantitative estimate of drug-likeness (QED) is 0.320. The van der Waals surface area contributed by atoms with Gasteiger partial charge in [-0.2, -0.15) is 0 Å². The van der Waals surface area contributed by atoms with Crippen LogP contribution in [0.25, 0.3) is 0 Å². The SMILES string of the molecule is CCN(CC)P1N([Si](C)(C)C)[Si](Cl)(N(CC)CC)N1[Si](C)(C)C. The van der Waals surface area contributed by atoms with Gasteiger partial charge >= 0.3 is 7.87 Å². The van der Waals surface area contributed by atoms with Crippen LogP contribution in [0, 0.1) is 0 Å². The number of nitrogens with zero attached hydrogens (tertiary/aromatic N) is 4. The van der Waals surface area contributed by atoms with Crippen molar-refractivity contribution in [3.05, 3.63) is 0 Å². The number of hydrogen-bond acceptors (Lipinski definition) is 4. The monoisotopic (exact) mass is 412 g/mol. The lowest BCUT2D eigenvalue weighted by Gasteiger charge is -2.72. The molecule has 0 radical (unpaired) electrons. The topological polar surface area (TPSA) is 13.0 Å². The first-order valence-electron chi connectivity index (χ1n) is 9.00. The van der Waals surface area contributed by atoms with Gasteiger partial charge in [0.15, 0.2) is 0 Å². The molecule has 0 atom stereocenters. The minimum Gasteiger partial charge on any atom is -0.288 e. The summed E-state index contributed by atoms with van der Waals surface area (Å²) in [7, 11) is -5.60. The van der Waals surface area contributed by atoms with Gasteiger partial charge in [0.25, 0.3) is 0 Å². The summed E-state index contributed by atoms with van der Waals surface area (Å²) in [6, 6.07) is 0. The molecule has 4 nitrogen and oxygen atoms in total. The van der Waals surface area contributed by atoms with Gasteiger partial charge in [-0.3, -0.25) is 17.2 Å². The summed E-state index contributed by atoms with van der Waals surface area (Å²) in [5.74, 6) is 0. The van der Waals surface area contributed by atoms with Crippen molar-refractivity contribution in [2.75, 3.05) is 26.2 Å². The fraction of sp³-hybridized carbons (Fsp3) is 1.00. The lowest BCUT2D eigenvalue weighted by molar-refractivity contribution is 0.380. The molecule has 0 N–H and O–H groups in total. The molecular weight excluding hydrogens is 375 g/mol. The third-order valence-corrected chi connectivity index (χ3v) is 27.8. The van der Waals surface area contributed by atoms with Gasteiger partial charge in [-0.25, -0.2) is 0 Å². The molecule has 0 spiro atoms. The van der Waals surface area contributed by atoms with Crippen LogP contribution in [-0.4, -0.2) is 67.8 Å². The Labute approximate surface area is 154 Å². The molecular formula is C14H38ClN4PSi3. The molecule has 9 heteroatoms. The molecule has 1 fully saturated rings. The van der Waals surface area contributed by atoms with Gasteiger partial charge in [0.05, 0.1) is 8.37 Å². The first-order chi connectivity index (χ1) is 10.4. The zero-order valence-corrected chi connectivity index (χ0v) is 21.6. The van der Waals surface area contributed by atoms with Crippen molar-refractivity contribution in [1.29, 1.82) is 0 Å². The van der Waals surface area contributed by atoms with Crippen molar-refractivity contribution in [2.24, 2.45) is 0 Å². The summed E-state index contributed by atoms with van der Waals surface area (Å²) in [5.41, 5.74) is 0. The van der Waals surface area contributed by atoms with Crippen LogP contribution < -0.4 is 0 Å². The van der Waals surface area contributed by atoms with Crippen molar-refractivity contribution < 1.29 is 0 Å². The first kappa shape index (κ1) is 22.3. The molecule has 1 aliphatic heterocycles. The molecule has 0 amide bonds. The smallest absolute Gasteiger partial charge is 0.288 e. The average molecular weight is 413 g/mol. The Morgan fingerprint density at radius 1 is 0.783 bits per heavy atom. The normalized spacial score (nSPS) is 27.8. The van der Waals surface area contributed by atoms with Gasteiger partial charge in [-0.1, -0.05) is 67.0 Å². The highest BCUT2D eigenvalue weighted by molar-refractivity contribution is 7.69. The Balaban J connectivity index is 3.45. The van der Waals surface area contributed by atoms with Gasteiger partial charge in [0.1, 0.15) is 16.5 Å². The second kappa shape index (κ2) is 7.84. The lowest BCUT2D eigenvalue weighted by atomic mass is 10.7. The Morgan fingerprint density at radius 2 is 1.13 bits per heavy atom. The Bertz CT molecular complexity index is 372. The van der Waals surface area contributed by atoms with Gasteiger partial charge < -0.3 is 0 Å².